The normalized spacial score (nSPS) is 10.2. The Kier molecular flexibility index (Phi) is 3.70. The molecule has 0 amide bonds. The summed E-state index contributed by atoms with van der Waals surface area (Å²) in [5.41, 5.74) is 0.892. The molecular weight excluding hydrogens is 157 g/mol. The molecule has 0 aromatic heterocycles. The van der Waals surface area contributed by atoms with Crippen LogP contribution in [-0.2, 0) is 6.54 Å². The fraction of sp³-hybridized carbons (Fsp3) is 0.333. The van der Waals surface area contributed by atoms with E-state index < -0.39 is 0 Å². The van der Waals surface area contributed by atoms with E-state index in [-0.39, 0.29) is 12.4 Å². The minimum Gasteiger partial charge on any atom is -0.395 e. The summed E-state index contributed by atoms with van der Waals surface area (Å²) in [6, 6.07) is 6.40. The van der Waals surface area contributed by atoms with Crippen LogP contribution in [0.15, 0.2) is 24.3 Å². The van der Waals surface area contributed by atoms with Crippen molar-refractivity contribution in [3.63, 3.8) is 0 Å². The van der Waals surface area contributed by atoms with Gasteiger partial charge in [-0.2, -0.15) is 0 Å². The topological polar surface area (TPSA) is 32.3 Å². The molecular formula is C9H12FNO. The van der Waals surface area contributed by atoms with Crippen LogP contribution in [0.25, 0.3) is 0 Å². The smallest absolute Gasteiger partial charge is 0.123 e. The Morgan fingerprint density at radius 2 is 2.25 bits per heavy atom. The lowest BCUT2D eigenvalue weighted by Crippen LogP contribution is -2.17. The number of aliphatic hydroxyl groups is 1. The lowest BCUT2D eigenvalue weighted by Gasteiger charge is -2.01. The van der Waals surface area contributed by atoms with Crippen LogP contribution >= 0.6 is 0 Å². The highest BCUT2D eigenvalue weighted by Gasteiger charge is 1.93. The Morgan fingerprint density at radius 1 is 1.42 bits per heavy atom. The molecule has 0 aliphatic rings. The van der Waals surface area contributed by atoms with Crippen LogP contribution in [0.3, 0.4) is 0 Å². The van der Waals surface area contributed by atoms with Gasteiger partial charge in [-0.15, -0.1) is 0 Å². The minimum atomic E-state index is -0.224. The van der Waals surface area contributed by atoms with Gasteiger partial charge in [-0.3, -0.25) is 0 Å². The quantitative estimate of drug-likeness (QED) is 0.656. The average Bonchev–Trinajstić information content (AvgIpc) is 2.05. The van der Waals surface area contributed by atoms with E-state index in [1.165, 1.54) is 12.1 Å². The second-order valence-corrected chi connectivity index (χ2v) is 2.53. The van der Waals surface area contributed by atoms with Crippen LogP contribution in [-0.4, -0.2) is 18.3 Å². The number of benzene rings is 1. The fourth-order valence-corrected chi connectivity index (χ4v) is 0.959. The molecule has 0 saturated heterocycles. The standard InChI is InChI=1S/C9H12FNO/c10-9-3-1-2-8(6-9)7-11-4-5-12/h1-3,6,11-12H,4-5,7H2. The maximum atomic E-state index is 12.6. The summed E-state index contributed by atoms with van der Waals surface area (Å²) in [7, 11) is 0. The predicted molar refractivity (Wildman–Crippen MR) is 45.2 cm³/mol. The molecule has 0 saturated carbocycles. The predicted octanol–water partition coefficient (Wildman–Crippen LogP) is 0.908. The van der Waals surface area contributed by atoms with Gasteiger partial charge in [-0.25, -0.2) is 4.39 Å². The first-order chi connectivity index (χ1) is 5.83. The van der Waals surface area contributed by atoms with Crippen molar-refractivity contribution in [3.05, 3.63) is 35.6 Å². The van der Waals surface area contributed by atoms with Crippen LogP contribution in [0, 0.1) is 5.82 Å². The number of hydrogen-bond donors (Lipinski definition) is 2. The van der Waals surface area contributed by atoms with E-state index in [1.54, 1.807) is 6.07 Å². The summed E-state index contributed by atoms with van der Waals surface area (Å²) in [5, 5.41) is 11.4. The van der Waals surface area contributed by atoms with Gasteiger partial charge < -0.3 is 10.4 Å². The number of nitrogens with one attached hydrogen (secondary N) is 1. The molecule has 0 bridgehead atoms. The zero-order chi connectivity index (χ0) is 8.81. The van der Waals surface area contributed by atoms with Gasteiger partial charge >= 0.3 is 0 Å². The monoisotopic (exact) mass is 169 g/mol. The zero-order valence-electron chi connectivity index (χ0n) is 6.76. The molecule has 0 fully saturated rings. The second kappa shape index (κ2) is 4.85. The first-order valence-electron chi connectivity index (χ1n) is 3.89. The number of aliphatic hydroxyl groups excluding tert-OH is 1. The highest BCUT2D eigenvalue weighted by Crippen LogP contribution is 2.02. The fourth-order valence-electron chi connectivity index (χ4n) is 0.959. The van der Waals surface area contributed by atoms with E-state index in [2.05, 4.69) is 5.32 Å². The molecule has 1 aromatic carbocycles. The van der Waals surface area contributed by atoms with Crippen molar-refractivity contribution in [3.8, 4) is 0 Å². The molecule has 3 heteroatoms. The largest absolute Gasteiger partial charge is 0.395 e. The van der Waals surface area contributed by atoms with Crippen LogP contribution in [0.2, 0.25) is 0 Å². The highest BCUT2D eigenvalue weighted by molar-refractivity contribution is 5.15. The van der Waals surface area contributed by atoms with E-state index >= 15 is 0 Å². The zero-order valence-corrected chi connectivity index (χ0v) is 6.76. The Morgan fingerprint density at radius 3 is 2.92 bits per heavy atom. The summed E-state index contributed by atoms with van der Waals surface area (Å²) in [4.78, 5) is 0. The van der Waals surface area contributed by atoms with Crippen LogP contribution in [0.4, 0.5) is 4.39 Å². The minimum absolute atomic E-state index is 0.106. The van der Waals surface area contributed by atoms with Crippen LogP contribution < -0.4 is 5.32 Å². The summed E-state index contributed by atoms with van der Waals surface area (Å²) < 4.78 is 12.6. The van der Waals surface area contributed by atoms with Crippen molar-refractivity contribution in [1.29, 1.82) is 0 Å². The van der Waals surface area contributed by atoms with Gasteiger partial charge in [0.1, 0.15) is 5.82 Å². The molecule has 0 heterocycles. The summed E-state index contributed by atoms with van der Waals surface area (Å²) in [5.74, 6) is -0.224. The van der Waals surface area contributed by atoms with Gasteiger partial charge in [-0.05, 0) is 17.7 Å². The van der Waals surface area contributed by atoms with Crippen molar-refractivity contribution in [2.45, 2.75) is 6.54 Å². The molecule has 12 heavy (non-hydrogen) atoms. The Balaban J connectivity index is 2.41. The van der Waals surface area contributed by atoms with Crippen LogP contribution in [0.5, 0.6) is 0 Å². The van der Waals surface area contributed by atoms with Gasteiger partial charge in [-0.1, -0.05) is 12.1 Å². The molecule has 0 aliphatic heterocycles. The molecule has 1 aromatic rings. The molecule has 66 valence electrons. The van der Waals surface area contributed by atoms with Gasteiger partial charge in [0.2, 0.25) is 0 Å². The Labute approximate surface area is 71.0 Å². The first kappa shape index (κ1) is 9.16. The SMILES string of the molecule is OCCNCc1cccc(F)c1. The van der Waals surface area contributed by atoms with E-state index in [0.29, 0.717) is 13.1 Å². The van der Waals surface area contributed by atoms with E-state index in [9.17, 15) is 4.39 Å². The van der Waals surface area contributed by atoms with Gasteiger partial charge in [0, 0.05) is 13.1 Å². The molecule has 2 nitrogen and oxygen atoms in total. The van der Waals surface area contributed by atoms with E-state index in [0.717, 1.165) is 5.56 Å². The van der Waals surface area contributed by atoms with Crippen molar-refractivity contribution < 1.29 is 9.50 Å². The lowest BCUT2D eigenvalue weighted by atomic mass is 10.2. The molecule has 0 spiro atoms. The molecule has 0 unspecified atom stereocenters. The summed E-state index contributed by atoms with van der Waals surface area (Å²) >= 11 is 0. The molecule has 0 aliphatic carbocycles. The Bertz CT molecular complexity index is 240. The first-order valence-corrected chi connectivity index (χ1v) is 3.89. The molecule has 0 atom stereocenters. The third-order valence-corrected chi connectivity index (χ3v) is 1.51. The number of rotatable bonds is 4. The number of halogens is 1. The molecule has 2 N–H and O–H groups in total. The van der Waals surface area contributed by atoms with E-state index in [1.807, 2.05) is 6.07 Å². The van der Waals surface area contributed by atoms with Gasteiger partial charge in [0.25, 0.3) is 0 Å². The van der Waals surface area contributed by atoms with E-state index in [4.69, 9.17) is 5.11 Å². The number of hydrogen-bond acceptors (Lipinski definition) is 2. The third-order valence-electron chi connectivity index (χ3n) is 1.51. The van der Waals surface area contributed by atoms with Gasteiger partial charge in [0.05, 0.1) is 6.61 Å². The van der Waals surface area contributed by atoms with Crippen LogP contribution in [0.1, 0.15) is 5.56 Å². The average molecular weight is 169 g/mol. The van der Waals surface area contributed by atoms with Crippen molar-refractivity contribution in [1.82, 2.24) is 5.32 Å². The van der Waals surface area contributed by atoms with Crippen molar-refractivity contribution in [2.24, 2.45) is 0 Å². The summed E-state index contributed by atoms with van der Waals surface area (Å²) in [6.45, 7) is 1.24. The van der Waals surface area contributed by atoms with Crippen molar-refractivity contribution in [2.75, 3.05) is 13.2 Å². The lowest BCUT2D eigenvalue weighted by molar-refractivity contribution is 0.292. The molecule has 1 rings (SSSR count). The summed E-state index contributed by atoms with van der Waals surface area (Å²) in [6.07, 6.45) is 0. The van der Waals surface area contributed by atoms with Crippen molar-refractivity contribution >= 4 is 0 Å². The maximum Gasteiger partial charge on any atom is 0.123 e. The molecule has 0 radical (unpaired) electrons. The third kappa shape index (κ3) is 2.98. The highest BCUT2D eigenvalue weighted by atomic mass is 19.1. The Hall–Kier alpha value is -0.930. The maximum absolute atomic E-state index is 12.6. The second-order valence-electron chi connectivity index (χ2n) is 2.53. The van der Waals surface area contributed by atoms with Gasteiger partial charge in [0.15, 0.2) is 0 Å².